The number of hydrogen-bond acceptors (Lipinski definition) is 5. The fourth-order valence-electron chi connectivity index (χ4n) is 3.55. The molecule has 2 N–H and O–H groups in total. The molecule has 0 aliphatic rings. The van der Waals surface area contributed by atoms with E-state index in [1.165, 1.54) is 26.4 Å². The number of anilines is 2. The zero-order valence-electron chi connectivity index (χ0n) is 21.4. The van der Waals surface area contributed by atoms with Gasteiger partial charge in [0.1, 0.15) is 0 Å². The number of unbranched alkanes of at least 4 members (excludes halogenated alkanes) is 1. The number of nitrogens with zero attached hydrogens (tertiary/aromatic N) is 2. The first-order chi connectivity index (χ1) is 17.6. The molecule has 36 heavy (non-hydrogen) atoms. The van der Waals surface area contributed by atoms with Crippen LogP contribution in [0.3, 0.4) is 0 Å². The Labute approximate surface area is 223 Å². The number of halogens is 1. The van der Waals surface area contributed by atoms with Crippen LogP contribution in [0, 0.1) is 3.57 Å². The van der Waals surface area contributed by atoms with Gasteiger partial charge in [-0.1, -0.05) is 11.6 Å². The Bertz CT molecular complexity index is 1320. The molecule has 190 valence electrons. The van der Waals surface area contributed by atoms with Gasteiger partial charge in [-0.25, -0.2) is 0 Å². The van der Waals surface area contributed by atoms with Crippen LogP contribution in [-0.4, -0.2) is 26.0 Å². The third-order valence-corrected chi connectivity index (χ3v) is 9.12. The molecule has 4 aromatic rings. The van der Waals surface area contributed by atoms with Crippen molar-refractivity contribution in [3.8, 4) is 11.6 Å². The van der Waals surface area contributed by atoms with Crippen molar-refractivity contribution in [2.45, 2.75) is 46.6 Å². The summed E-state index contributed by atoms with van der Waals surface area (Å²) in [6.07, 6.45) is 6.30. The van der Waals surface area contributed by atoms with Gasteiger partial charge in [-0.05, 0) is 20.8 Å². The zero-order valence-corrected chi connectivity index (χ0v) is 23.7. The number of aromatic nitrogens is 3. The second kappa shape index (κ2) is 12.9. The summed E-state index contributed by atoms with van der Waals surface area (Å²) < 4.78 is 14.9. The molecule has 1 unspecified atom stereocenters. The Morgan fingerprint density at radius 3 is 2.86 bits per heavy atom. The van der Waals surface area contributed by atoms with Gasteiger partial charge in [0, 0.05) is 0 Å². The number of rotatable bonds is 12. The first-order valence-corrected chi connectivity index (χ1v) is 15.2. The molecule has 0 bridgehead atoms. The van der Waals surface area contributed by atoms with Crippen LogP contribution < -0.4 is 10.1 Å². The number of hydrogen-bond donors (Lipinski definition) is 2. The molecule has 0 spiro atoms. The van der Waals surface area contributed by atoms with Gasteiger partial charge in [0.2, 0.25) is 0 Å². The van der Waals surface area contributed by atoms with Gasteiger partial charge < -0.3 is 4.74 Å². The second-order valence-corrected chi connectivity index (χ2v) is 11.9. The Balaban J connectivity index is 1.50. The minimum atomic E-state index is -0.292. The van der Waals surface area contributed by atoms with E-state index in [4.69, 9.17) is 14.5 Å². The van der Waals surface area contributed by atoms with Gasteiger partial charge in [0.25, 0.3) is 0 Å². The number of alkyl halides is 1. The molecular formula is C29H35IN4O2. The van der Waals surface area contributed by atoms with Crippen molar-refractivity contribution in [3.63, 3.8) is 0 Å². The number of fused-ring (bicyclic) bond motifs is 1. The van der Waals surface area contributed by atoms with Gasteiger partial charge in [-0.3, -0.25) is 0 Å². The molecule has 0 saturated carbocycles. The molecule has 2 heterocycles. The van der Waals surface area contributed by atoms with Crippen LogP contribution in [0.25, 0.3) is 11.0 Å². The van der Waals surface area contributed by atoms with E-state index in [0.29, 0.717) is 18.4 Å². The molecule has 0 aliphatic carbocycles. The third-order valence-electron chi connectivity index (χ3n) is 5.86. The van der Waals surface area contributed by atoms with Crippen molar-refractivity contribution in [3.05, 3.63) is 81.6 Å². The minimum absolute atomic E-state index is 0.0111. The summed E-state index contributed by atoms with van der Waals surface area (Å²) >= 11 is -0.292. The summed E-state index contributed by atoms with van der Waals surface area (Å²) in [5.41, 5.74) is 4.92. The molecule has 7 heteroatoms. The second-order valence-electron chi connectivity index (χ2n) is 8.68. The van der Waals surface area contributed by atoms with Gasteiger partial charge in [-0.2, -0.15) is 0 Å². The molecule has 4 rings (SSSR count). The van der Waals surface area contributed by atoms with Crippen LogP contribution in [0.15, 0.2) is 72.4 Å². The van der Waals surface area contributed by atoms with Crippen molar-refractivity contribution in [2.75, 3.05) is 16.4 Å². The summed E-state index contributed by atoms with van der Waals surface area (Å²) in [5.74, 6) is 2.08. The molecule has 2 aromatic heterocycles. The number of pyridine rings is 1. The summed E-state index contributed by atoms with van der Waals surface area (Å²) in [4.78, 5) is 12.6. The van der Waals surface area contributed by atoms with Gasteiger partial charge in [0.05, 0.1) is 6.61 Å². The Kier molecular flexibility index (Phi) is 9.35. The fourth-order valence-corrected chi connectivity index (χ4v) is 6.64. The van der Waals surface area contributed by atoms with Crippen LogP contribution in [-0.2, 0) is 4.74 Å². The van der Waals surface area contributed by atoms with Crippen molar-refractivity contribution in [1.29, 1.82) is 0 Å². The summed E-state index contributed by atoms with van der Waals surface area (Å²) in [6, 6.07) is 18.4. The number of imidazole rings is 1. The molecule has 0 radical (unpaired) electrons. The van der Waals surface area contributed by atoms with E-state index in [9.17, 15) is 0 Å². The Hall–Kier alpha value is -2.91. The topological polar surface area (TPSA) is 72.1 Å². The summed E-state index contributed by atoms with van der Waals surface area (Å²) in [7, 11) is 0. The standard InChI is InChI=1S/C29H35IN4O2/c1-5-7-16-30-23-11-8-9-13-27(23)36-28-25(12-10-17-31-28)33-29-32-24-15-14-22(18-26(24)34-29)21(4)35-19-20(3)6-2/h6,8-15,17-18,21,30H,5,7,16,19H2,1-4H3,(H2,32,33,34)/b20-6+. The quantitative estimate of drug-likeness (QED) is 0.0745. The first kappa shape index (κ1) is 26.2. The SMILES string of the molecule is C/C=C(\C)COC(C)c1ccc2nc(Nc3cccnc3Oc3ccccc3[IH]CCCC)[nH]c2c1. The number of ether oxygens (including phenoxy) is 2. The third kappa shape index (κ3) is 6.85. The molecule has 0 fully saturated rings. The van der Waals surface area contributed by atoms with E-state index >= 15 is 0 Å². The number of allylic oxidation sites excluding steroid dienone is 1. The van der Waals surface area contributed by atoms with E-state index in [1.54, 1.807) is 6.20 Å². The molecule has 6 nitrogen and oxygen atoms in total. The predicted octanol–water partition coefficient (Wildman–Crippen LogP) is 8.21. The Morgan fingerprint density at radius 1 is 1.17 bits per heavy atom. The van der Waals surface area contributed by atoms with E-state index in [-0.39, 0.29) is 27.3 Å². The number of benzene rings is 2. The maximum atomic E-state index is 6.32. The normalized spacial score (nSPS) is 12.7. The Morgan fingerprint density at radius 2 is 2.03 bits per heavy atom. The average molecular weight is 599 g/mol. The zero-order chi connectivity index (χ0) is 25.3. The van der Waals surface area contributed by atoms with E-state index < -0.39 is 0 Å². The van der Waals surface area contributed by atoms with Crippen LogP contribution in [0.2, 0.25) is 0 Å². The van der Waals surface area contributed by atoms with E-state index in [2.05, 4.69) is 66.4 Å². The van der Waals surface area contributed by atoms with Crippen molar-refractivity contribution < 1.29 is 9.47 Å². The molecule has 1 atom stereocenters. The van der Waals surface area contributed by atoms with Crippen LogP contribution in [0.1, 0.15) is 52.2 Å². The van der Waals surface area contributed by atoms with Crippen molar-refractivity contribution in [2.24, 2.45) is 0 Å². The number of nitrogens with one attached hydrogen (secondary N) is 2. The first-order valence-electron chi connectivity index (χ1n) is 12.4. The fraction of sp³-hybridized carbons (Fsp3) is 0.310. The monoisotopic (exact) mass is 598 g/mol. The average Bonchev–Trinajstić information content (AvgIpc) is 3.30. The molecule has 0 amide bonds. The van der Waals surface area contributed by atoms with E-state index in [1.807, 2.05) is 37.3 Å². The summed E-state index contributed by atoms with van der Waals surface area (Å²) in [5, 5.41) is 3.37. The maximum absolute atomic E-state index is 6.32. The molecular weight excluding hydrogens is 563 g/mol. The van der Waals surface area contributed by atoms with Crippen LogP contribution >= 0.6 is 21.2 Å². The number of H-pyrrole nitrogens is 1. The van der Waals surface area contributed by atoms with Gasteiger partial charge in [0.15, 0.2) is 0 Å². The van der Waals surface area contributed by atoms with E-state index in [0.717, 1.165) is 28.0 Å². The van der Waals surface area contributed by atoms with Crippen LogP contribution in [0.5, 0.6) is 11.6 Å². The number of para-hydroxylation sites is 1. The predicted molar refractivity (Wildman–Crippen MR) is 158 cm³/mol. The molecule has 0 saturated heterocycles. The summed E-state index contributed by atoms with van der Waals surface area (Å²) in [6.45, 7) is 9.04. The number of aromatic amines is 1. The van der Waals surface area contributed by atoms with Crippen molar-refractivity contribution >= 4 is 43.9 Å². The molecule has 0 aliphatic heterocycles. The van der Waals surface area contributed by atoms with Crippen molar-refractivity contribution in [1.82, 2.24) is 15.0 Å². The van der Waals surface area contributed by atoms with Crippen LogP contribution in [0.4, 0.5) is 11.6 Å². The van der Waals surface area contributed by atoms with Gasteiger partial charge >= 0.3 is 181 Å². The molecule has 2 aromatic carbocycles. The van der Waals surface area contributed by atoms with Gasteiger partial charge in [-0.15, -0.1) is 0 Å².